The molecule has 3 atom stereocenters. The summed E-state index contributed by atoms with van der Waals surface area (Å²) >= 11 is 0. The van der Waals surface area contributed by atoms with Gasteiger partial charge >= 0.3 is 6.03 Å². The summed E-state index contributed by atoms with van der Waals surface area (Å²) in [6.07, 6.45) is 6.29. The van der Waals surface area contributed by atoms with Gasteiger partial charge in [0, 0.05) is 12.8 Å². The number of carbonyl (C=O) groups excluding carboxylic acids is 1. The molecule has 1 aromatic heterocycles. The second-order valence-electron chi connectivity index (χ2n) is 8.51. The Morgan fingerprint density at radius 2 is 2.23 bits per heavy atom. The number of methoxy groups -OCH3 is 1. The lowest BCUT2D eigenvalue weighted by atomic mass is 9.95. The van der Waals surface area contributed by atoms with Crippen molar-refractivity contribution < 1.29 is 18.5 Å². The van der Waals surface area contributed by atoms with Crippen LogP contribution in [0.5, 0.6) is 5.88 Å². The molecule has 0 fully saturated rings. The number of hydrogen-bond donors (Lipinski definition) is 2. The van der Waals surface area contributed by atoms with Crippen LogP contribution in [0.4, 0.5) is 10.5 Å². The summed E-state index contributed by atoms with van der Waals surface area (Å²) in [5.41, 5.74) is 5.79. The molecule has 2 amide bonds. The molecule has 2 aliphatic carbocycles. The third-order valence-corrected chi connectivity index (χ3v) is 7.85. The first kappa shape index (κ1) is 20.5. The van der Waals surface area contributed by atoms with Crippen LogP contribution in [0.1, 0.15) is 47.9 Å². The maximum absolute atomic E-state index is 13.2. The lowest BCUT2D eigenvalue weighted by Crippen LogP contribution is -2.32. The van der Waals surface area contributed by atoms with E-state index in [0.29, 0.717) is 12.5 Å². The molecule has 166 valence electrons. The minimum Gasteiger partial charge on any atom is -0.474 e. The highest BCUT2D eigenvalue weighted by atomic mass is 32.2. The smallest absolute Gasteiger partial charge is 0.354 e. The van der Waals surface area contributed by atoms with E-state index in [9.17, 15) is 9.00 Å². The molecule has 0 saturated carbocycles. The fourth-order valence-electron chi connectivity index (χ4n) is 4.95. The normalized spacial score (nSPS) is 23.3. The second kappa shape index (κ2) is 7.61. The van der Waals surface area contributed by atoms with Gasteiger partial charge in [0.1, 0.15) is 17.6 Å². The maximum Gasteiger partial charge on any atom is 0.354 e. The van der Waals surface area contributed by atoms with E-state index in [0.717, 1.165) is 37.8 Å². The topological polar surface area (TPSA) is 121 Å². The third-order valence-electron chi connectivity index (χ3n) is 6.51. The predicted molar refractivity (Wildman–Crippen MR) is 116 cm³/mol. The zero-order chi connectivity index (χ0) is 21.8. The number of hydrogen-bond acceptors (Lipinski definition) is 5. The number of nitrogens with zero attached hydrogens (tertiary/aromatic N) is 3. The summed E-state index contributed by atoms with van der Waals surface area (Å²) < 4.78 is 29.5. The van der Waals surface area contributed by atoms with Crippen LogP contribution in [-0.4, -0.2) is 39.8 Å². The van der Waals surface area contributed by atoms with Gasteiger partial charge in [0.25, 0.3) is 0 Å². The molecule has 0 bridgehead atoms. The van der Waals surface area contributed by atoms with Gasteiger partial charge in [-0.2, -0.15) is 5.10 Å². The number of benzene rings is 1. The fraction of sp³-hybridized carbons (Fsp3) is 0.524. The van der Waals surface area contributed by atoms with Crippen molar-refractivity contribution in [1.29, 1.82) is 0 Å². The van der Waals surface area contributed by atoms with E-state index in [2.05, 4.69) is 27.8 Å². The lowest BCUT2D eigenvalue weighted by Gasteiger charge is -2.23. The number of rotatable bonds is 3. The first-order valence-corrected chi connectivity index (χ1v) is 12.2. The quantitative estimate of drug-likeness (QED) is 0.752. The Labute approximate surface area is 181 Å². The number of nitrogens with two attached hydrogens (primary N) is 1. The van der Waals surface area contributed by atoms with Gasteiger partial charge in [-0.25, -0.2) is 18.8 Å². The fourth-order valence-corrected chi connectivity index (χ4v) is 5.95. The standard InChI is InChI=1S/C21H27N5O4S/c1-12-6-7-14-8-13-4-3-5-16(13)19(18(12)14)24-21(27)25-31(22,28)17-9-23-26-10-15(29-2)11-30-20(17)26/h8-9,12,15H,3-7,10-11H2,1-2H3,(H3,22,24,25,27,28)/t12?,15-,31?/m0/s1. The monoisotopic (exact) mass is 445 g/mol. The highest BCUT2D eigenvalue weighted by Gasteiger charge is 2.30. The van der Waals surface area contributed by atoms with E-state index >= 15 is 0 Å². The van der Waals surface area contributed by atoms with Gasteiger partial charge in [0.2, 0.25) is 5.88 Å². The molecular weight excluding hydrogens is 418 g/mol. The maximum atomic E-state index is 13.2. The number of amides is 2. The van der Waals surface area contributed by atoms with Crippen molar-refractivity contribution in [1.82, 2.24) is 9.78 Å². The highest BCUT2D eigenvalue weighted by molar-refractivity contribution is 7.91. The number of nitrogens with one attached hydrogen (secondary N) is 1. The van der Waals surface area contributed by atoms with Crippen molar-refractivity contribution in [3.63, 3.8) is 0 Å². The Balaban J connectivity index is 1.47. The number of fused-ring (bicyclic) bond motifs is 3. The molecule has 2 aromatic rings. The summed E-state index contributed by atoms with van der Waals surface area (Å²) in [5.74, 6) is 0.635. The molecule has 31 heavy (non-hydrogen) atoms. The Hall–Kier alpha value is -2.43. The van der Waals surface area contributed by atoms with Gasteiger partial charge in [-0.05, 0) is 60.3 Å². The largest absolute Gasteiger partial charge is 0.474 e. The minimum absolute atomic E-state index is 0.120. The summed E-state index contributed by atoms with van der Waals surface area (Å²) in [4.78, 5) is 13.0. The van der Waals surface area contributed by atoms with Crippen LogP contribution < -0.4 is 15.2 Å². The first-order valence-electron chi connectivity index (χ1n) is 10.6. The van der Waals surface area contributed by atoms with Crippen LogP contribution in [0.2, 0.25) is 0 Å². The van der Waals surface area contributed by atoms with Gasteiger partial charge in [0.15, 0.2) is 9.92 Å². The van der Waals surface area contributed by atoms with Crippen LogP contribution in [0.25, 0.3) is 0 Å². The summed E-state index contributed by atoms with van der Waals surface area (Å²) in [6, 6.07) is 1.59. The zero-order valence-corrected chi connectivity index (χ0v) is 18.5. The van der Waals surface area contributed by atoms with Crippen molar-refractivity contribution in [3.05, 3.63) is 34.5 Å². The van der Waals surface area contributed by atoms with Gasteiger partial charge in [0.05, 0.1) is 12.7 Å². The van der Waals surface area contributed by atoms with E-state index in [1.165, 1.54) is 33.1 Å². The number of ether oxygens (including phenoxy) is 2. The lowest BCUT2D eigenvalue weighted by molar-refractivity contribution is 0.0165. The van der Waals surface area contributed by atoms with Crippen LogP contribution in [-0.2, 0) is 40.5 Å². The molecule has 1 aliphatic heterocycles. The predicted octanol–water partition coefficient (Wildman–Crippen LogP) is 2.76. The van der Waals surface area contributed by atoms with Crippen LogP contribution >= 0.6 is 0 Å². The summed E-state index contributed by atoms with van der Waals surface area (Å²) in [5, 5.41) is 13.1. The number of aromatic nitrogens is 2. The van der Waals surface area contributed by atoms with E-state index < -0.39 is 15.9 Å². The molecular formula is C21H27N5O4S. The average Bonchev–Trinajstić information content (AvgIpc) is 3.45. The Morgan fingerprint density at radius 1 is 1.39 bits per heavy atom. The van der Waals surface area contributed by atoms with Gasteiger partial charge in [-0.1, -0.05) is 13.0 Å². The SMILES string of the molecule is CO[C@@H]1COc2c(S(N)(=O)=NC(=O)Nc3c4c(cc5c3C(C)CC5)CCC4)cnn2C1. The molecule has 3 aliphatic rings. The molecule has 9 nitrogen and oxygen atoms in total. The summed E-state index contributed by atoms with van der Waals surface area (Å²) in [7, 11) is -1.94. The first-order chi connectivity index (χ1) is 14.9. The Kier molecular flexibility index (Phi) is 5.03. The van der Waals surface area contributed by atoms with Crippen molar-refractivity contribution in [3.8, 4) is 5.88 Å². The number of urea groups is 1. The number of aryl methyl sites for hydroxylation is 2. The van der Waals surface area contributed by atoms with E-state index in [1.54, 1.807) is 7.11 Å². The summed E-state index contributed by atoms with van der Waals surface area (Å²) in [6.45, 7) is 2.92. The second-order valence-corrected chi connectivity index (χ2v) is 10.3. The molecule has 0 radical (unpaired) electrons. The van der Waals surface area contributed by atoms with Crippen molar-refractivity contribution in [2.45, 2.75) is 62.5 Å². The van der Waals surface area contributed by atoms with E-state index in [4.69, 9.17) is 14.6 Å². The highest BCUT2D eigenvalue weighted by Crippen LogP contribution is 2.44. The van der Waals surface area contributed by atoms with E-state index in [1.807, 2.05) is 0 Å². The third kappa shape index (κ3) is 3.52. The van der Waals surface area contributed by atoms with Crippen LogP contribution in [0.3, 0.4) is 0 Å². The Morgan fingerprint density at radius 3 is 3.03 bits per heavy atom. The molecule has 10 heteroatoms. The molecule has 2 unspecified atom stereocenters. The zero-order valence-electron chi connectivity index (χ0n) is 17.7. The van der Waals surface area contributed by atoms with E-state index in [-0.39, 0.29) is 23.5 Å². The molecule has 5 rings (SSSR count). The molecule has 0 spiro atoms. The average molecular weight is 446 g/mol. The molecule has 2 heterocycles. The van der Waals surface area contributed by atoms with Gasteiger partial charge in [-0.3, -0.25) is 0 Å². The van der Waals surface area contributed by atoms with Gasteiger partial charge in [-0.15, -0.1) is 4.36 Å². The van der Waals surface area contributed by atoms with Crippen molar-refractivity contribution >= 4 is 21.6 Å². The molecule has 3 N–H and O–H groups in total. The van der Waals surface area contributed by atoms with Crippen molar-refractivity contribution in [2.24, 2.45) is 9.50 Å². The van der Waals surface area contributed by atoms with Gasteiger partial charge < -0.3 is 14.8 Å². The molecule has 1 aromatic carbocycles. The van der Waals surface area contributed by atoms with Crippen LogP contribution in [0, 0.1) is 0 Å². The minimum atomic E-state index is -3.53. The molecule has 0 saturated heterocycles. The number of anilines is 1. The number of carbonyl (C=O) groups is 1. The van der Waals surface area contributed by atoms with Crippen LogP contribution in [0.15, 0.2) is 21.5 Å². The van der Waals surface area contributed by atoms with Crippen molar-refractivity contribution in [2.75, 3.05) is 19.0 Å². The Bertz CT molecular complexity index is 1180.